The van der Waals surface area contributed by atoms with Crippen LogP contribution in [0.3, 0.4) is 0 Å². The highest BCUT2D eigenvalue weighted by Gasteiger charge is 1.93. The summed E-state index contributed by atoms with van der Waals surface area (Å²) in [5.74, 6) is 0. The van der Waals surface area contributed by atoms with E-state index in [2.05, 4.69) is 13.8 Å². The van der Waals surface area contributed by atoms with E-state index in [4.69, 9.17) is 10.2 Å². The molecule has 0 aromatic heterocycles. The summed E-state index contributed by atoms with van der Waals surface area (Å²) < 4.78 is 0. The van der Waals surface area contributed by atoms with Crippen LogP contribution in [-0.4, -0.2) is 22.4 Å². The van der Waals surface area contributed by atoms with Crippen LogP contribution in [0.5, 0.6) is 0 Å². The van der Waals surface area contributed by atoms with Gasteiger partial charge in [0.05, 0.1) is 12.2 Å². The highest BCUT2D eigenvalue weighted by molar-refractivity contribution is 4.47. The van der Waals surface area contributed by atoms with Crippen molar-refractivity contribution < 1.29 is 10.2 Å². The molecule has 0 rings (SSSR count). The standard InChI is InChI=1S/2C8H18O/c2*1-3-4-5-6-7-8(2)9/h2*8-9H,3-7H2,1-2H3. The van der Waals surface area contributed by atoms with Gasteiger partial charge in [0.2, 0.25) is 0 Å². The van der Waals surface area contributed by atoms with E-state index in [0.717, 1.165) is 12.8 Å². The molecule has 0 aromatic rings. The summed E-state index contributed by atoms with van der Waals surface area (Å²) in [6.45, 7) is 8.10. The Morgan fingerprint density at radius 1 is 0.611 bits per heavy atom. The summed E-state index contributed by atoms with van der Waals surface area (Å²) in [4.78, 5) is 0. The van der Waals surface area contributed by atoms with E-state index in [1.165, 1.54) is 51.4 Å². The van der Waals surface area contributed by atoms with E-state index < -0.39 is 0 Å². The normalized spacial score (nSPS) is 13.7. The highest BCUT2D eigenvalue weighted by atomic mass is 16.3. The van der Waals surface area contributed by atoms with Crippen LogP contribution in [-0.2, 0) is 0 Å². The first-order chi connectivity index (χ1) is 8.54. The zero-order valence-electron chi connectivity index (χ0n) is 13.1. The fourth-order valence-corrected chi connectivity index (χ4v) is 1.73. The summed E-state index contributed by atoms with van der Waals surface area (Å²) in [6, 6.07) is 0. The largest absolute Gasteiger partial charge is 0.393 e. The average molecular weight is 260 g/mol. The lowest BCUT2D eigenvalue weighted by molar-refractivity contribution is 0.180. The van der Waals surface area contributed by atoms with Crippen LogP contribution in [0.2, 0.25) is 0 Å². The van der Waals surface area contributed by atoms with E-state index in [1.807, 2.05) is 13.8 Å². The summed E-state index contributed by atoms with van der Waals surface area (Å²) in [7, 11) is 0. The predicted octanol–water partition coefficient (Wildman–Crippen LogP) is 4.68. The summed E-state index contributed by atoms with van der Waals surface area (Å²) in [6.07, 6.45) is 11.9. The van der Waals surface area contributed by atoms with E-state index in [9.17, 15) is 0 Å². The average Bonchev–Trinajstić information content (AvgIpc) is 2.31. The zero-order chi connectivity index (χ0) is 14.2. The molecule has 0 saturated carbocycles. The molecular formula is C16H36O2. The SMILES string of the molecule is CCCCCCC(C)O.CCCCCCC(C)O. The minimum Gasteiger partial charge on any atom is -0.393 e. The van der Waals surface area contributed by atoms with Crippen LogP contribution in [0.1, 0.15) is 91.9 Å². The Bertz CT molecular complexity index is 117. The predicted molar refractivity (Wildman–Crippen MR) is 80.9 cm³/mol. The van der Waals surface area contributed by atoms with Crippen molar-refractivity contribution in [3.05, 3.63) is 0 Å². The number of unbranched alkanes of at least 4 members (excludes halogenated alkanes) is 6. The molecule has 2 unspecified atom stereocenters. The third-order valence-electron chi connectivity index (χ3n) is 2.95. The smallest absolute Gasteiger partial charge is 0.0512 e. The molecule has 0 saturated heterocycles. The van der Waals surface area contributed by atoms with E-state index in [1.54, 1.807) is 0 Å². The number of aliphatic hydroxyl groups is 2. The Morgan fingerprint density at radius 2 is 0.944 bits per heavy atom. The molecule has 2 heteroatoms. The van der Waals surface area contributed by atoms with Crippen LogP contribution in [0.25, 0.3) is 0 Å². The molecule has 112 valence electrons. The Labute approximate surface area is 115 Å². The maximum atomic E-state index is 8.85. The summed E-state index contributed by atoms with van der Waals surface area (Å²) in [5, 5.41) is 17.7. The quantitative estimate of drug-likeness (QED) is 0.560. The van der Waals surface area contributed by atoms with Gasteiger partial charge in [-0.15, -0.1) is 0 Å². The second-order valence-corrected chi connectivity index (χ2v) is 5.40. The van der Waals surface area contributed by atoms with E-state index in [-0.39, 0.29) is 12.2 Å². The molecule has 2 nitrogen and oxygen atoms in total. The molecule has 0 amide bonds. The van der Waals surface area contributed by atoms with Crippen molar-refractivity contribution in [2.45, 2.75) is 104 Å². The third kappa shape index (κ3) is 24.9. The molecule has 2 N–H and O–H groups in total. The fraction of sp³-hybridized carbons (Fsp3) is 1.00. The highest BCUT2D eigenvalue weighted by Crippen LogP contribution is 2.04. The summed E-state index contributed by atoms with van der Waals surface area (Å²) >= 11 is 0. The molecule has 0 radical (unpaired) electrons. The van der Waals surface area contributed by atoms with Crippen molar-refractivity contribution >= 4 is 0 Å². The molecule has 0 bridgehead atoms. The Balaban J connectivity index is 0. The molecule has 0 aliphatic rings. The van der Waals surface area contributed by atoms with Crippen molar-refractivity contribution in [2.75, 3.05) is 0 Å². The lowest BCUT2D eigenvalue weighted by Gasteiger charge is -2.01. The lowest BCUT2D eigenvalue weighted by Crippen LogP contribution is -1.97. The van der Waals surface area contributed by atoms with Gasteiger partial charge in [-0.05, 0) is 26.7 Å². The number of aliphatic hydroxyl groups excluding tert-OH is 2. The van der Waals surface area contributed by atoms with Gasteiger partial charge < -0.3 is 10.2 Å². The maximum Gasteiger partial charge on any atom is 0.0512 e. The van der Waals surface area contributed by atoms with Crippen molar-refractivity contribution in [3.63, 3.8) is 0 Å². The molecule has 2 atom stereocenters. The first-order valence-corrected chi connectivity index (χ1v) is 7.90. The van der Waals surface area contributed by atoms with Gasteiger partial charge in [-0.2, -0.15) is 0 Å². The molecular weight excluding hydrogens is 224 g/mol. The molecule has 18 heavy (non-hydrogen) atoms. The van der Waals surface area contributed by atoms with Gasteiger partial charge in [-0.3, -0.25) is 0 Å². The van der Waals surface area contributed by atoms with Crippen LogP contribution < -0.4 is 0 Å². The van der Waals surface area contributed by atoms with Gasteiger partial charge in [0.15, 0.2) is 0 Å². The number of hydrogen-bond acceptors (Lipinski definition) is 2. The molecule has 0 aliphatic carbocycles. The molecule has 0 aromatic carbocycles. The lowest BCUT2D eigenvalue weighted by atomic mass is 10.1. The van der Waals surface area contributed by atoms with Gasteiger partial charge in [0.1, 0.15) is 0 Å². The first kappa shape index (κ1) is 20.2. The monoisotopic (exact) mass is 260 g/mol. The van der Waals surface area contributed by atoms with Crippen LogP contribution in [0.4, 0.5) is 0 Å². The first-order valence-electron chi connectivity index (χ1n) is 7.90. The van der Waals surface area contributed by atoms with Gasteiger partial charge in [0.25, 0.3) is 0 Å². The summed E-state index contributed by atoms with van der Waals surface area (Å²) in [5.41, 5.74) is 0. The van der Waals surface area contributed by atoms with E-state index >= 15 is 0 Å². The number of rotatable bonds is 10. The third-order valence-corrected chi connectivity index (χ3v) is 2.95. The molecule has 0 aliphatic heterocycles. The molecule has 0 fully saturated rings. The number of hydrogen-bond donors (Lipinski definition) is 2. The van der Waals surface area contributed by atoms with Gasteiger partial charge >= 0.3 is 0 Å². The second-order valence-electron chi connectivity index (χ2n) is 5.40. The zero-order valence-corrected chi connectivity index (χ0v) is 13.1. The van der Waals surface area contributed by atoms with Gasteiger partial charge in [-0.1, -0.05) is 65.2 Å². The maximum absolute atomic E-state index is 8.85. The van der Waals surface area contributed by atoms with Crippen molar-refractivity contribution in [1.29, 1.82) is 0 Å². The van der Waals surface area contributed by atoms with Crippen LogP contribution in [0.15, 0.2) is 0 Å². The minimum absolute atomic E-state index is 0.0955. The van der Waals surface area contributed by atoms with Crippen LogP contribution in [0, 0.1) is 0 Å². The molecule has 0 spiro atoms. The molecule has 0 heterocycles. The Morgan fingerprint density at radius 3 is 1.17 bits per heavy atom. The second kappa shape index (κ2) is 16.9. The topological polar surface area (TPSA) is 40.5 Å². The van der Waals surface area contributed by atoms with Gasteiger partial charge in [0, 0.05) is 0 Å². The van der Waals surface area contributed by atoms with Crippen molar-refractivity contribution in [3.8, 4) is 0 Å². The van der Waals surface area contributed by atoms with Crippen LogP contribution >= 0.6 is 0 Å². The van der Waals surface area contributed by atoms with Crippen molar-refractivity contribution in [1.82, 2.24) is 0 Å². The van der Waals surface area contributed by atoms with Crippen molar-refractivity contribution in [2.24, 2.45) is 0 Å². The van der Waals surface area contributed by atoms with Gasteiger partial charge in [-0.25, -0.2) is 0 Å². The Hall–Kier alpha value is -0.0800. The minimum atomic E-state index is -0.0955. The van der Waals surface area contributed by atoms with E-state index in [0.29, 0.717) is 0 Å². The Kier molecular flexibility index (Phi) is 19.0. The fourth-order valence-electron chi connectivity index (χ4n) is 1.73.